The SMILES string of the molecule is C1CCCCC1.NC(=O)c1cc(NCc2cccc(F)c2)nc(-c2cc(N)ncc2Cl)c1. The smallest absolute Gasteiger partial charge is 0.248 e. The molecule has 1 aliphatic rings. The molecule has 0 spiro atoms. The number of nitrogens with two attached hydrogens (primary N) is 2. The Morgan fingerprint density at radius 1 is 1.06 bits per heavy atom. The fourth-order valence-electron chi connectivity index (χ4n) is 3.45. The van der Waals surface area contributed by atoms with Gasteiger partial charge in [-0.1, -0.05) is 62.3 Å². The van der Waals surface area contributed by atoms with Crippen molar-refractivity contribution in [2.45, 2.75) is 45.1 Å². The van der Waals surface area contributed by atoms with Crippen molar-refractivity contribution in [2.75, 3.05) is 11.1 Å². The first kappa shape index (κ1) is 23.5. The van der Waals surface area contributed by atoms with Crippen molar-refractivity contribution in [1.29, 1.82) is 0 Å². The van der Waals surface area contributed by atoms with Gasteiger partial charge in [0.2, 0.25) is 5.91 Å². The molecule has 168 valence electrons. The Balaban J connectivity index is 0.000000416. The quantitative estimate of drug-likeness (QED) is 0.466. The van der Waals surface area contributed by atoms with Crippen LogP contribution in [0.2, 0.25) is 5.02 Å². The standard InChI is InChI=1S/C18H15ClFN5O.C6H12/c19-14-9-23-16(21)7-13(14)15-5-11(18(22)26)6-17(25-15)24-8-10-2-1-3-12(20)4-10;1-2-4-6-5-3-1/h1-7,9H,8H2,(H2,21,23)(H2,22,26)(H,24,25);1-6H2. The van der Waals surface area contributed by atoms with Gasteiger partial charge in [0.25, 0.3) is 0 Å². The first-order valence-electron chi connectivity index (χ1n) is 10.6. The Kier molecular flexibility index (Phi) is 8.39. The highest BCUT2D eigenvalue weighted by Crippen LogP contribution is 2.29. The van der Waals surface area contributed by atoms with Crippen LogP contribution >= 0.6 is 11.6 Å². The minimum atomic E-state index is -0.611. The van der Waals surface area contributed by atoms with Gasteiger partial charge in [0.1, 0.15) is 17.5 Å². The van der Waals surface area contributed by atoms with E-state index in [0.29, 0.717) is 28.6 Å². The molecule has 1 amide bonds. The monoisotopic (exact) mass is 455 g/mol. The third kappa shape index (κ3) is 6.92. The van der Waals surface area contributed by atoms with E-state index in [2.05, 4.69) is 15.3 Å². The number of hydrogen-bond acceptors (Lipinski definition) is 5. The summed E-state index contributed by atoms with van der Waals surface area (Å²) in [7, 11) is 0. The van der Waals surface area contributed by atoms with Crippen molar-refractivity contribution in [3.63, 3.8) is 0 Å². The third-order valence-electron chi connectivity index (χ3n) is 5.12. The highest BCUT2D eigenvalue weighted by molar-refractivity contribution is 6.33. The molecule has 2 heterocycles. The maximum absolute atomic E-state index is 13.3. The predicted molar refractivity (Wildman–Crippen MR) is 127 cm³/mol. The average molecular weight is 456 g/mol. The first-order valence-corrected chi connectivity index (χ1v) is 11.0. The number of carbonyl (C=O) groups is 1. The lowest BCUT2D eigenvalue weighted by molar-refractivity contribution is 0.1000. The van der Waals surface area contributed by atoms with Gasteiger partial charge in [-0.2, -0.15) is 0 Å². The van der Waals surface area contributed by atoms with Crippen molar-refractivity contribution >= 4 is 29.1 Å². The van der Waals surface area contributed by atoms with E-state index >= 15 is 0 Å². The van der Waals surface area contributed by atoms with Crippen LogP contribution in [0.4, 0.5) is 16.0 Å². The zero-order valence-electron chi connectivity index (χ0n) is 17.8. The lowest BCUT2D eigenvalue weighted by atomic mass is 10.0. The van der Waals surface area contributed by atoms with Crippen molar-refractivity contribution < 1.29 is 9.18 Å². The molecule has 2 aromatic heterocycles. The van der Waals surface area contributed by atoms with Crippen molar-refractivity contribution in [3.8, 4) is 11.3 Å². The molecule has 1 aromatic carbocycles. The summed E-state index contributed by atoms with van der Waals surface area (Å²) in [5, 5.41) is 3.39. The van der Waals surface area contributed by atoms with Gasteiger partial charge >= 0.3 is 0 Å². The molecule has 5 N–H and O–H groups in total. The molecule has 8 heteroatoms. The number of benzene rings is 1. The number of primary amides is 1. The number of nitrogen functional groups attached to an aromatic ring is 1. The highest BCUT2D eigenvalue weighted by atomic mass is 35.5. The molecule has 1 fully saturated rings. The van der Waals surface area contributed by atoms with Gasteiger partial charge in [0.05, 0.1) is 10.7 Å². The molecule has 4 rings (SSSR count). The summed E-state index contributed by atoms with van der Waals surface area (Å²) in [4.78, 5) is 20.0. The van der Waals surface area contributed by atoms with Gasteiger partial charge in [-0.25, -0.2) is 14.4 Å². The Bertz CT molecular complexity index is 1060. The van der Waals surface area contributed by atoms with E-state index in [1.165, 1.54) is 69.0 Å². The second-order valence-corrected chi connectivity index (χ2v) is 8.09. The van der Waals surface area contributed by atoms with Crippen LogP contribution in [0.5, 0.6) is 0 Å². The summed E-state index contributed by atoms with van der Waals surface area (Å²) in [5.74, 6) is -0.277. The van der Waals surface area contributed by atoms with Crippen LogP contribution in [0, 0.1) is 5.82 Å². The minimum absolute atomic E-state index is 0.253. The Morgan fingerprint density at radius 3 is 2.38 bits per heavy atom. The van der Waals surface area contributed by atoms with Crippen LogP contribution in [0.15, 0.2) is 48.7 Å². The average Bonchev–Trinajstić information content (AvgIpc) is 2.81. The Hall–Kier alpha value is -3.19. The largest absolute Gasteiger partial charge is 0.384 e. The molecule has 0 atom stereocenters. The van der Waals surface area contributed by atoms with Crippen molar-refractivity contribution in [3.05, 3.63) is 70.6 Å². The number of halogens is 2. The molecular weight excluding hydrogens is 429 g/mol. The van der Waals surface area contributed by atoms with Gasteiger partial charge in [0.15, 0.2) is 0 Å². The number of nitrogens with one attached hydrogen (secondary N) is 1. The predicted octanol–water partition coefficient (Wildman–Crippen LogP) is 5.57. The number of aromatic nitrogens is 2. The van der Waals surface area contributed by atoms with Crippen LogP contribution in [0.3, 0.4) is 0 Å². The summed E-state index contributed by atoms with van der Waals surface area (Å²) in [6, 6.07) is 10.8. The van der Waals surface area contributed by atoms with E-state index in [1.807, 2.05) is 0 Å². The zero-order valence-corrected chi connectivity index (χ0v) is 18.5. The van der Waals surface area contributed by atoms with Crippen molar-refractivity contribution in [2.24, 2.45) is 5.73 Å². The molecule has 6 nitrogen and oxygen atoms in total. The van der Waals surface area contributed by atoms with Gasteiger partial charge in [-0.05, 0) is 35.9 Å². The lowest BCUT2D eigenvalue weighted by Gasteiger charge is -2.11. The Morgan fingerprint density at radius 2 is 1.75 bits per heavy atom. The van der Waals surface area contributed by atoms with E-state index in [-0.39, 0.29) is 17.2 Å². The topological polar surface area (TPSA) is 107 Å². The molecule has 0 radical (unpaired) electrons. The summed E-state index contributed by atoms with van der Waals surface area (Å²) < 4.78 is 13.3. The maximum Gasteiger partial charge on any atom is 0.248 e. The lowest BCUT2D eigenvalue weighted by Crippen LogP contribution is -2.13. The molecule has 32 heavy (non-hydrogen) atoms. The fourth-order valence-corrected chi connectivity index (χ4v) is 3.65. The van der Waals surface area contributed by atoms with E-state index in [9.17, 15) is 9.18 Å². The fraction of sp³-hybridized carbons (Fsp3) is 0.292. The van der Waals surface area contributed by atoms with Crippen molar-refractivity contribution in [1.82, 2.24) is 9.97 Å². The van der Waals surface area contributed by atoms with E-state index in [1.54, 1.807) is 18.2 Å². The number of hydrogen-bond donors (Lipinski definition) is 3. The molecule has 3 aromatic rings. The second kappa shape index (κ2) is 11.4. The van der Waals surface area contributed by atoms with E-state index in [4.69, 9.17) is 23.1 Å². The molecule has 1 saturated carbocycles. The number of rotatable bonds is 5. The van der Waals surface area contributed by atoms with Crippen LogP contribution < -0.4 is 16.8 Å². The summed E-state index contributed by atoms with van der Waals surface area (Å²) in [6.07, 6.45) is 10.4. The number of amides is 1. The maximum atomic E-state index is 13.3. The molecule has 0 unspecified atom stereocenters. The van der Waals surface area contributed by atoms with Crippen LogP contribution in [0.1, 0.15) is 54.4 Å². The number of nitrogens with zero attached hydrogens (tertiary/aromatic N) is 2. The molecular formula is C24H27ClFN5O. The van der Waals surface area contributed by atoms with Gasteiger partial charge in [-0.15, -0.1) is 0 Å². The second-order valence-electron chi connectivity index (χ2n) is 7.68. The normalized spacial score (nSPS) is 13.1. The molecule has 0 saturated heterocycles. The van der Waals surface area contributed by atoms with Crippen LogP contribution in [-0.2, 0) is 6.54 Å². The van der Waals surface area contributed by atoms with Crippen LogP contribution in [0.25, 0.3) is 11.3 Å². The molecule has 0 bridgehead atoms. The number of carbonyl (C=O) groups excluding carboxylic acids is 1. The molecule has 0 aliphatic heterocycles. The summed E-state index contributed by atoms with van der Waals surface area (Å²) in [6.45, 7) is 0.318. The Labute approximate surface area is 192 Å². The van der Waals surface area contributed by atoms with Gasteiger partial charge in [0, 0.05) is 23.9 Å². The summed E-state index contributed by atoms with van der Waals surface area (Å²) >= 11 is 6.17. The minimum Gasteiger partial charge on any atom is -0.384 e. The first-order chi connectivity index (χ1) is 15.4. The zero-order chi connectivity index (χ0) is 22.9. The number of pyridine rings is 2. The van der Waals surface area contributed by atoms with Gasteiger partial charge in [-0.3, -0.25) is 4.79 Å². The van der Waals surface area contributed by atoms with E-state index in [0.717, 1.165) is 5.56 Å². The number of anilines is 2. The van der Waals surface area contributed by atoms with E-state index < -0.39 is 5.91 Å². The highest BCUT2D eigenvalue weighted by Gasteiger charge is 2.12. The van der Waals surface area contributed by atoms with Gasteiger partial charge < -0.3 is 16.8 Å². The van der Waals surface area contributed by atoms with Crippen LogP contribution in [-0.4, -0.2) is 15.9 Å². The summed E-state index contributed by atoms with van der Waals surface area (Å²) in [5.41, 5.74) is 13.0. The molecule has 1 aliphatic carbocycles. The third-order valence-corrected chi connectivity index (χ3v) is 5.43.